The molecule has 0 fully saturated rings. The molecule has 0 bridgehead atoms. The molecule has 2 aromatic heterocycles. The summed E-state index contributed by atoms with van der Waals surface area (Å²) in [6.45, 7) is 7.91. The molecule has 1 aliphatic rings. The molecule has 0 radical (unpaired) electrons. The molecule has 3 aromatic rings. The number of aromatic nitrogens is 3. The van der Waals surface area contributed by atoms with Crippen LogP contribution in [0.2, 0.25) is 5.02 Å². The van der Waals surface area contributed by atoms with Gasteiger partial charge >= 0.3 is 6.09 Å². The SMILES string of the molecule is CC(C)N(C(=O)Oc1c2c(nn1-c1cccnc1)CCc1cc(Cl)ccc1-2)C(C)C. The van der Waals surface area contributed by atoms with Gasteiger partial charge in [0.1, 0.15) is 0 Å². The highest BCUT2D eigenvalue weighted by Gasteiger charge is 2.31. The molecule has 0 aliphatic heterocycles. The van der Waals surface area contributed by atoms with Gasteiger partial charge in [-0.3, -0.25) is 4.98 Å². The summed E-state index contributed by atoms with van der Waals surface area (Å²) in [6, 6.07) is 9.56. The third-order valence-electron chi connectivity index (χ3n) is 5.28. The Kier molecular flexibility index (Phi) is 5.52. The number of carbonyl (C=O) groups excluding carboxylic acids is 1. The lowest BCUT2D eigenvalue weighted by atomic mass is 9.90. The summed E-state index contributed by atoms with van der Waals surface area (Å²) >= 11 is 6.22. The van der Waals surface area contributed by atoms with Gasteiger partial charge in [0.25, 0.3) is 0 Å². The minimum atomic E-state index is -0.395. The molecule has 4 rings (SSSR count). The van der Waals surface area contributed by atoms with E-state index in [0.717, 1.165) is 40.9 Å². The molecular weight excluding hydrogens is 400 g/mol. The van der Waals surface area contributed by atoms with Gasteiger partial charge in [-0.2, -0.15) is 9.78 Å². The molecule has 6 nitrogen and oxygen atoms in total. The first kappa shape index (κ1) is 20.4. The molecule has 7 heteroatoms. The Morgan fingerprint density at radius 1 is 1.17 bits per heavy atom. The van der Waals surface area contributed by atoms with Gasteiger partial charge in [-0.1, -0.05) is 17.7 Å². The van der Waals surface area contributed by atoms with Gasteiger partial charge in [-0.25, -0.2) is 4.79 Å². The van der Waals surface area contributed by atoms with Crippen molar-refractivity contribution in [3.05, 3.63) is 59.0 Å². The van der Waals surface area contributed by atoms with Crippen LogP contribution in [-0.4, -0.2) is 37.8 Å². The molecule has 0 unspecified atom stereocenters. The summed E-state index contributed by atoms with van der Waals surface area (Å²) < 4.78 is 7.72. The molecular formula is C23H25ClN4O2. The molecule has 156 valence electrons. The van der Waals surface area contributed by atoms with Crippen molar-refractivity contribution in [3.63, 3.8) is 0 Å². The molecule has 0 saturated heterocycles. The van der Waals surface area contributed by atoms with Gasteiger partial charge in [0.15, 0.2) is 0 Å². The quantitative estimate of drug-likeness (QED) is 0.569. The second kappa shape index (κ2) is 8.11. The van der Waals surface area contributed by atoms with Crippen LogP contribution in [0.5, 0.6) is 5.88 Å². The Bertz CT molecular complexity index is 1070. The highest BCUT2D eigenvalue weighted by Crippen LogP contribution is 2.42. The third kappa shape index (κ3) is 3.67. The predicted octanol–water partition coefficient (Wildman–Crippen LogP) is 5.30. The number of halogens is 1. The molecule has 1 aliphatic carbocycles. The maximum atomic E-state index is 13.2. The van der Waals surface area contributed by atoms with Crippen LogP contribution in [0.4, 0.5) is 4.79 Å². The second-order valence-corrected chi connectivity index (χ2v) is 8.45. The number of aryl methyl sites for hydroxylation is 2. The maximum absolute atomic E-state index is 13.2. The Morgan fingerprint density at radius 3 is 2.60 bits per heavy atom. The van der Waals surface area contributed by atoms with Crippen LogP contribution in [-0.2, 0) is 12.8 Å². The summed E-state index contributed by atoms with van der Waals surface area (Å²) in [5.41, 5.74) is 4.61. The number of benzene rings is 1. The molecule has 30 heavy (non-hydrogen) atoms. The van der Waals surface area contributed by atoms with Crippen molar-refractivity contribution in [1.29, 1.82) is 0 Å². The van der Waals surface area contributed by atoms with Crippen LogP contribution < -0.4 is 4.74 Å². The second-order valence-electron chi connectivity index (χ2n) is 8.01. The number of fused-ring (bicyclic) bond motifs is 3. The first-order valence-corrected chi connectivity index (χ1v) is 10.6. The number of hydrogen-bond acceptors (Lipinski definition) is 4. The summed E-state index contributed by atoms with van der Waals surface area (Å²) in [6.07, 6.45) is 4.60. The number of nitrogens with zero attached hydrogens (tertiary/aromatic N) is 4. The van der Waals surface area contributed by atoms with E-state index in [1.807, 2.05) is 58.0 Å². The Labute approximate surface area is 181 Å². The summed E-state index contributed by atoms with van der Waals surface area (Å²) in [7, 11) is 0. The van der Waals surface area contributed by atoms with Crippen molar-refractivity contribution < 1.29 is 9.53 Å². The lowest BCUT2D eigenvalue weighted by Crippen LogP contribution is -2.44. The minimum Gasteiger partial charge on any atom is -0.390 e. The van der Waals surface area contributed by atoms with E-state index < -0.39 is 6.09 Å². The zero-order chi connectivity index (χ0) is 21.4. The van der Waals surface area contributed by atoms with E-state index in [9.17, 15) is 4.79 Å². The van der Waals surface area contributed by atoms with Crippen LogP contribution in [0.15, 0.2) is 42.7 Å². The fraction of sp³-hybridized carbons (Fsp3) is 0.348. The van der Waals surface area contributed by atoms with Crippen molar-refractivity contribution >= 4 is 17.7 Å². The largest absolute Gasteiger partial charge is 0.417 e. The van der Waals surface area contributed by atoms with E-state index in [1.165, 1.54) is 0 Å². The Morgan fingerprint density at radius 2 is 1.93 bits per heavy atom. The topological polar surface area (TPSA) is 60.3 Å². The summed E-state index contributed by atoms with van der Waals surface area (Å²) in [5, 5.41) is 5.49. The van der Waals surface area contributed by atoms with Gasteiger partial charge < -0.3 is 9.64 Å². The monoisotopic (exact) mass is 424 g/mol. The molecule has 0 spiro atoms. The smallest absolute Gasteiger partial charge is 0.390 e. The number of hydrogen-bond donors (Lipinski definition) is 0. The zero-order valence-corrected chi connectivity index (χ0v) is 18.3. The molecule has 1 aromatic carbocycles. The molecule has 0 saturated carbocycles. The van der Waals surface area contributed by atoms with Gasteiger partial charge in [-0.15, -0.1) is 0 Å². The first-order chi connectivity index (χ1) is 14.4. The minimum absolute atomic E-state index is 0.00850. The first-order valence-electron chi connectivity index (χ1n) is 10.2. The molecule has 0 atom stereocenters. The van der Waals surface area contributed by atoms with Gasteiger partial charge in [0.2, 0.25) is 5.88 Å². The fourth-order valence-electron chi connectivity index (χ4n) is 4.06. The van der Waals surface area contributed by atoms with E-state index in [2.05, 4.69) is 4.98 Å². The highest BCUT2D eigenvalue weighted by atomic mass is 35.5. The standard InChI is InChI=1S/C23H25ClN4O2/c1-14(2)27(15(3)4)23(29)30-22-21-19-9-8-17(24)12-16(19)7-10-20(21)26-28(22)18-6-5-11-25-13-18/h5-6,8-9,11-15H,7,10H2,1-4H3. The molecule has 2 heterocycles. The highest BCUT2D eigenvalue weighted by molar-refractivity contribution is 6.30. The van der Waals surface area contributed by atoms with E-state index in [4.69, 9.17) is 21.4 Å². The van der Waals surface area contributed by atoms with Crippen LogP contribution in [0.1, 0.15) is 39.0 Å². The van der Waals surface area contributed by atoms with Crippen molar-refractivity contribution in [3.8, 4) is 22.7 Å². The lowest BCUT2D eigenvalue weighted by Gasteiger charge is -2.29. The zero-order valence-electron chi connectivity index (χ0n) is 17.6. The van der Waals surface area contributed by atoms with E-state index in [0.29, 0.717) is 10.9 Å². The fourth-order valence-corrected chi connectivity index (χ4v) is 4.25. The molecule has 1 amide bonds. The van der Waals surface area contributed by atoms with Crippen LogP contribution >= 0.6 is 11.6 Å². The third-order valence-corrected chi connectivity index (χ3v) is 5.52. The number of rotatable bonds is 4. The van der Waals surface area contributed by atoms with Crippen molar-refractivity contribution in [2.45, 2.75) is 52.6 Å². The van der Waals surface area contributed by atoms with Crippen LogP contribution in [0, 0.1) is 0 Å². The average Bonchev–Trinajstić information content (AvgIpc) is 3.06. The number of pyridine rings is 1. The summed E-state index contributed by atoms with van der Waals surface area (Å²) in [4.78, 5) is 19.1. The Hall–Kier alpha value is -2.86. The number of amides is 1. The average molecular weight is 425 g/mol. The van der Waals surface area contributed by atoms with Gasteiger partial charge in [0.05, 0.1) is 23.1 Å². The lowest BCUT2D eigenvalue weighted by molar-refractivity contribution is 0.120. The van der Waals surface area contributed by atoms with Crippen LogP contribution in [0.25, 0.3) is 16.8 Å². The van der Waals surface area contributed by atoms with Crippen molar-refractivity contribution in [2.75, 3.05) is 0 Å². The normalized spacial score (nSPS) is 12.6. The van der Waals surface area contributed by atoms with E-state index in [-0.39, 0.29) is 12.1 Å². The maximum Gasteiger partial charge on any atom is 0.417 e. The number of ether oxygens (including phenoxy) is 1. The van der Waals surface area contributed by atoms with Crippen LogP contribution in [0.3, 0.4) is 0 Å². The van der Waals surface area contributed by atoms with E-state index >= 15 is 0 Å². The van der Waals surface area contributed by atoms with E-state index in [1.54, 1.807) is 22.0 Å². The predicted molar refractivity (Wildman–Crippen MR) is 117 cm³/mol. The Balaban J connectivity index is 1.87. The summed E-state index contributed by atoms with van der Waals surface area (Å²) in [5.74, 6) is 0.414. The van der Waals surface area contributed by atoms with Crippen molar-refractivity contribution in [1.82, 2.24) is 19.7 Å². The van der Waals surface area contributed by atoms with Crippen molar-refractivity contribution in [2.24, 2.45) is 0 Å². The number of carbonyl (C=O) groups is 1. The van der Waals surface area contributed by atoms with Gasteiger partial charge in [-0.05, 0) is 75.9 Å². The molecule has 0 N–H and O–H groups in total. The van der Waals surface area contributed by atoms with Gasteiger partial charge in [0, 0.05) is 23.3 Å².